The molecule has 0 N–H and O–H groups in total. The minimum atomic E-state index is -0.556. The summed E-state index contributed by atoms with van der Waals surface area (Å²) in [5.41, 5.74) is 1.85. The zero-order valence-electron chi connectivity index (χ0n) is 17.1. The SMILES string of the molecule is COc1ccc(CCC2CCN(C(=O)C(C)Oc3cccc(C#N)c3)CC2)cc1. The molecule has 0 spiro atoms. The van der Waals surface area contributed by atoms with Crippen LogP contribution < -0.4 is 9.47 Å². The molecule has 1 atom stereocenters. The van der Waals surface area contributed by atoms with Crippen LogP contribution in [0, 0.1) is 17.2 Å². The number of ether oxygens (including phenoxy) is 2. The molecule has 1 saturated heterocycles. The molecule has 0 saturated carbocycles. The number of benzene rings is 2. The molecule has 1 amide bonds. The first-order chi connectivity index (χ1) is 14.1. The van der Waals surface area contributed by atoms with Crippen LogP contribution in [-0.4, -0.2) is 37.1 Å². The minimum Gasteiger partial charge on any atom is -0.497 e. The summed E-state index contributed by atoms with van der Waals surface area (Å²) in [6.45, 7) is 3.33. The van der Waals surface area contributed by atoms with Gasteiger partial charge in [0.1, 0.15) is 11.5 Å². The second kappa shape index (κ2) is 9.97. The molecule has 1 aliphatic heterocycles. The number of carbonyl (C=O) groups excluding carboxylic acids is 1. The zero-order valence-corrected chi connectivity index (χ0v) is 17.1. The molecule has 5 nitrogen and oxygen atoms in total. The number of methoxy groups -OCH3 is 1. The molecule has 0 radical (unpaired) electrons. The van der Waals surface area contributed by atoms with Gasteiger partial charge in [-0.2, -0.15) is 5.26 Å². The Morgan fingerprint density at radius 3 is 2.55 bits per heavy atom. The van der Waals surface area contributed by atoms with Gasteiger partial charge in [0.2, 0.25) is 0 Å². The highest BCUT2D eigenvalue weighted by Crippen LogP contribution is 2.24. The van der Waals surface area contributed by atoms with Crippen molar-refractivity contribution >= 4 is 5.91 Å². The predicted octanol–water partition coefficient (Wildman–Crippen LogP) is 4.21. The van der Waals surface area contributed by atoms with Crippen molar-refractivity contribution in [1.29, 1.82) is 5.26 Å². The maximum Gasteiger partial charge on any atom is 0.263 e. The number of nitrogens with zero attached hydrogens (tertiary/aromatic N) is 2. The number of piperidine rings is 1. The number of nitriles is 1. The van der Waals surface area contributed by atoms with E-state index in [0.717, 1.165) is 44.5 Å². The fourth-order valence-electron chi connectivity index (χ4n) is 3.76. The maximum atomic E-state index is 12.7. The smallest absolute Gasteiger partial charge is 0.263 e. The van der Waals surface area contributed by atoms with Crippen LogP contribution in [-0.2, 0) is 11.2 Å². The Bertz CT molecular complexity index is 849. The average molecular weight is 392 g/mol. The lowest BCUT2D eigenvalue weighted by molar-refractivity contribution is -0.139. The summed E-state index contributed by atoms with van der Waals surface area (Å²) in [5.74, 6) is 2.10. The molecule has 1 unspecified atom stereocenters. The molecule has 0 aliphatic carbocycles. The average Bonchev–Trinajstić information content (AvgIpc) is 2.78. The van der Waals surface area contributed by atoms with Gasteiger partial charge in [-0.25, -0.2) is 0 Å². The van der Waals surface area contributed by atoms with Gasteiger partial charge >= 0.3 is 0 Å². The topological polar surface area (TPSA) is 62.6 Å². The molecule has 0 bridgehead atoms. The van der Waals surface area contributed by atoms with Gasteiger partial charge in [0.05, 0.1) is 18.7 Å². The van der Waals surface area contributed by atoms with Crippen molar-refractivity contribution in [1.82, 2.24) is 4.90 Å². The normalized spacial score (nSPS) is 15.4. The minimum absolute atomic E-state index is 0.0148. The summed E-state index contributed by atoms with van der Waals surface area (Å²) >= 11 is 0. The Labute approximate surface area is 172 Å². The van der Waals surface area contributed by atoms with Crippen LogP contribution in [0.3, 0.4) is 0 Å². The van der Waals surface area contributed by atoms with Crippen molar-refractivity contribution < 1.29 is 14.3 Å². The van der Waals surface area contributed by atoms with E-state index in [2.05, 4.69) is 18.2 Å². The number of likely N-dealkylation sites (tertiary alicyclic amines) is 1. The molecule has 2 aromatic carbocycles. The van der Waals surface area contributed by atoms with Crippen molar-refractivity contribution in [2.24, 2.45) is 5.92 Å². The van der Waals surface area contributed by atoms with Gasteiger partial charge < -0.3 is 14.4 Å². The van der Waals surface area contributed by atoms with Crippen LogP contribution in [0.1, 0.15) is 37.3 Å². The van der Waals surface area contributed by atoms with Crippen LogP contribution in [0.5, 0.6) is 11.5 Å². The lowest BCUT2D eigenvalue weighted by atomic mass is 9.90. The van der Waals surface area contributed by atoms with Gasteiger partial charge in [-0.15, -0.1) is 0 Å². The number of amides is 1. The number of hydrogen-bond donors (Lipinski definition) is 0. The largest absolute Gasteiger partial charge is 0.497 e. The van der Waals surface area contributed by atoms with E-state index < -0.39 is 6.10 Å². The van der Waals surface area contributed by atoms with E-state index in [0.29, 0.717) is 17.2 Å². The van der Waals surface area contributed by atoms with Crippen LogP contribution >= 0.6 is 0 Å². The fraction of sp³-hybridized carbons (Fsp3) is 0.417. The van der Waals surface area contributed by atoms with Crippen molar-refractivity contribution in [2.45, 2.75) is 38.7 Å². The number of aryl methyl sites for hydroxylation is 1. The van der Waals surface area contributed by atoms with E-state index in [9.17, 15) is 4.79 Å². The van der Waals surface area contributed by atoms with E-state index in [1.165, 1.54) is 5.56 Å². The van der Waals surface area contributed by atoms with Gasteiger partial charge in [0.25, 0.3) is 5.91 Å². The predicted molar refractivity (Wildman–Crippen MR) is 112 cm³/mol. The van der Waals surface area contributed by atoms with Crippen molar-refractivity contribution in [2.75, 3.05) is 20.2 Å². The van der Waals surface area contributed by atoms with Crippen LogP contribution in [0.2, 0.25) is 0 Å². The van der Waals surface area contributed by atoms with Gasteiger partial charge in [0.15, 0.2) is 6.10 Å². The van der Waals surface area contributed by atoms with E-state index in [1.54, 1.807) is 38.3 Å². The lowest BCUT2D eigenvalue weighted by Crippen LogP contribution is -2.44. The molecule has 1 aliphatic rings. The third kappa shape index (κ3) is 5.74. The van der Waals surface area contributed by atoms with E-state index >= 15 is 0 Å². The molecule has 0 aromatic heterocycles. The molecule has 1 fully saturated rings. The van der Waals surface area contributed by atoms with Gasteiger partial charge in [-0.05, 0) is 74.4 Å². The highest BCUT2D eigenvalue weighted by Gasteiger charge is 2.27. The highest BCUT2D eigenvalue weighted by molar-refractivity contribution is 5.81. The molecule has 29 heavy (non-hydrogen) atoms. The van der Waals surface area contributed by atoms with Crippen LogP contribution in [0.4, 0.5) is 0 Å². The van der Waals surface area contributed by atoms with Crippen LogP contribution in [0.15, 0.2) is 48.5 Å². The summed E-state index contributed by atoms with van der Waals surface area (Å²) < 4.78 is 11.0. The number of rotatable bonds is 7. The molecular formula is C24H28N2O3. The highest BCUT2D eigenvalue weighted by atomic mass is 16.5. The Morgan fingerprint density at radius 1 is 1.17 bits per heavy atom. The maximum absolute atomic E-state index is 12.7. The number of carbonyl (C=O) groups is 1. The Balaban J connectivity index is 1.44. The molecule has 152 valence electrons. The monoisotopic (exact) mass is 392 g/mol. The summed E-state index contributed by atoms with van der Waals surface area (Å²) in [6, 6.07) is 17.3. The summed E-state index contributed by atoms with van der Waals surface area (Å²) in [6.07, 6.45) is 3.69. The van der Waals surface area contributed by atoms with Crippen molar-refractivity contribution in [3.05, 3.63) is 59.7 Å². The Hall–Kier alpha value is -3.00. The first kappa shape index (κ1) is 20.7. The second-order valence-corrected chi connectivity index (χ2v) is 7.56. The fourth-order valence-corrected chi connectivity index (χ4v) is 3.76. The standard InChI is InChI=1S/C24H28N2O3/c1-18(29-23-5-3-4-21(16-23)17-25)24(27)26-14-12-20(13-15-26)7-6-19-8-10-22(28-2)11-9-19/h3-5,8-11,16,18,20H,6-7,12-15H2,1-2H3. The van der Waals surface area contributed by atoms with Crippen molar-refractivity contribution in [3.8, 4) is 17.6 Å². The Morgan fingerprint density at radius 2 is 1.90 bits per heavy atom. The van der Waals surface area contributed by atoms with Gasteiger partial charge in [0, 0.05) is 13.1 Å². The molecular weight excluding hydrogens is 364 g/mol. The third-order valence-corrected chi connectivity index (χ3v) is 5.55. The number of hydrogen-bond acceptors (Lipinski definition) is 4. The van der Waals surface area contributed by atoms with Crippen molar-refractivity contribution in [3.63, 3.8) is 0 Å². The third-order valence-electron chi connectivity index (χ3n) is 5.55. The van der Waals surface area contributed by atoms with E-state index in [1.807, 2.05) is 17.0 Å². The van der Waals surface area contributed by atoms with Crippen LogP contribution in [0.25, 0.3) is 0 Å². The molecule has 1 heterocycles. The van der Waals surface area contributed by atoms with Gasteiger partial charge in [-0.1, -0.05) is 18.2 Å². The summed E-state index contributed by atoms with van der Waals surface area (Å²) in [5, 5.41) is 8.99. The summed E-state index contributed by atoms with van der Waals surface area (Å²) in [4.78, 5) is 14.6. The molecule has 5 heteroatoms. The Kier molecular flexibility index (Phi) is 7.13. The summed E-state index contributed by atoms with van der Waals surface area (Å²) in [7, 11) is 1.68. The van der Waals surface area contributed by atoms with Gasteiger partial charge in [-0.3, -0.25) is 4.79 Å². The lowest BCUT2D eigenvalue weighted by Gasteiger charge is -2.33. The first-order valence-corrected chi connectivity index (χ1v) is 10.2. The first-order valence-electron chi connectivity index (χ1n) is 10.2. The molecule has 3 rings (SSSR count). The zero-order chi connectivity index (χ0) is 20.6. The van der Waals surface area contributed by atoms with E-state index in [-0.39, 0.29) is 5.91 Å². The second-order valence-electron chi connectivity index (χ2n) is 7.56. The quantitative estimate of drug-likeness (QED) is 0.708. The van der Waals surface area contributed by atoms with E-state index in [4.69, 9.17) is 14.7 Å². The molecule has 2 aromatic rings.